The Morgan fingerprint density at radius 3 is 3.00 bits per heavy atom. The number of nitrogens with zero attached hydrogens (tertiary/aromatic N) is 5. The van der Waals surface area contributed by atoms with Crippen molar-refractivity contribution in [2.45, 2.75) is 38.3 Å². The van der Waals surface area contributed by atoms with Crippen molar-refractivity contribution in [2.24, 2.45) is 0 Å². The van der Waals surface area contributed by atoms with Gasteiger partial charge in [-0.05, 0) is 25.7 Å². The van der Waals surface area contributed by atoms with Gasteiger partial charge in [-0.1, -0.05) is 5.21 Å². The number of amides is 1. The zero-order chi connectivity index (χ0) is 17.5. The highest BCUT2D eigenvalue weighted by atomic mass is 16.5. The van der Waals surface area contributed by atoms with Crippen molar-refractivity contribution in [2.75, 3.05) is 52.9 Å². The highest BCUT2D eigenvalue weighted by molar-refractivity contribution is 5.91. The maximum atomic E-state index is 12.5. The molecule has 25 heavy (non-hydrogen) atoms. The second kappa shape index (κ2) is 9.26. The summed E-state index contributed by atoms with van der Waals surface area (Å²) < 4.78 is 7.40. The third-order valence-corrected chi connectivity index (χ3v) is 5.00. The normalized spacial score (nSPS) is 21.6. The highest BCUT2D eigenvalue weighted by Crippen LogP contribution is 2.17. The van der Waals surface area contributed by atoms with E-state index in [0.717, 1.165) is 78.1 Å². The monoisotopic (exact) mass is 350 g/mol. The molecule has 0 bridgehead atoms. The first-order valence-corrected chi connectivity index (χ1v) is 9.42. The Kier molecular flexibility index (Phi) is 6.77. The lowest BCUT2D eigenvalue weighted by atomic mass is 10.1. The summed E-state index contributed by atoms with van der Waals surface area (Å²) in [4.78, 5) is 16.6. The van der Waals surface area contributed by atoms with Gasteiger partial charge in [-0.3, -0.25) is 14.4 Å². The molecule has 2 aliphatic rings. The van der Waals surface area contributed by atoms with Crippen LogP contribution in [0.5, 0.6) is 0 Å². The predicted octanol–water partition coefficient (Wildman–Crippen LogP) is 0.215. The lowest BCUT2D eigenvalue weighted by Crippen LogP contribution is -2.44. The second-order valence-electron chi connectivity index (χ2n) is 6.96. The number of nitrogens with one attached hydrogen (secondary N) is 1. The van der Waals surface area contributed by atoms with Gasteiger partial charge < -0.3 is 15.0 Å². The van der Waals surface area contributed by atoms with E-state index in [1.165, 1.54) is 0 Å². The van der Waals surface area contributed by atoms with E-state index < -0.39 is 0 Å². The van der Waals surface area contributed by atoms with E-state index in [9.17, 15) is 4.79 Å². The van der Waals surface area contributed by atoms with E-state index in [-0.39, 0.29) is 5.91 Å². The van der Waals surface area contributed by atoms with Crippen LogP contribution in [0.3, 0.4) is 0 Å². The fourth-order valence-corrected chi connectivity index (χ4v) is 3.41. The third-order valence-electron chi connectivity index (χ3n) is 5.00. The average molecular weight is 350 g/mol. The lowest BCUT2D eigenvalue weighted by molar-refractivity contribution is 0.0758. The van der Waals surface area contributed by atoms with Gasteiger partial charge in [-0.25, -0.2) is 0 Å². The Bertz CT molecular complexity index is 537. The number of carbonyl (C=O) groups is 1. The minimum Gasteiger partial charge on any atom is -0.378 e. The van der Waals surface area contributed by atoms with Crippen LogP contribution in [0.2, 0.25) is 0 Å². The van der Waals surface area contributed by atoms with Gasteiger partial charge in [0.2, 0.25) is 0 Å². The minimum absolute atomic E-state index is 0.0548. The molecule has 0 radical (unpaired) electrons. The Balaban J connectivity index is 1.39. The lowest BCUT2D eigenvalue weighted by Gasteiger charge is -2.26. The molecule has 8 nitrogen and oxygen atoms in total. The quantitative estimate of drug-likeness (QED) is 0.723. The summed E-state index contributed by atoms with van der Waals surface area (Å²) in [6.07, 6.45) is 6.45. The van der Waals surface area contributed by atoms with E-state index >= 15 is 0 Å². The fourth-order valence-electron chi connectivity index (χ4n) is 3.41. The van der Waals surface area contributed by atoms with Crippen LogP contribution in [0.1, 0.15) is 36.2 Å². The Morgan fingerprint density at radius 1 is 1.40 bits per heavy atom. The highest BCUT2D eigenvalue weighted by Gasteiger charge is 2.18. The first-order valence-electron chi connectivity index (χ1n) is 9.42. The van der Waals surface area contributed by atoms with Crippen molar-refractivity contribution in [3.63, 3.8) is 0 Å². The summed E-state index contributed by atoms with van der Waals surface area (Å²) in [7, 11) is 1.83. The molecule has 0 spiro atoms. The van der Waals surface area contributed by atoms with Gasteiger partial charge in [0.05, 0.1) is 18.8 Å². The number of hydrogen-bond donors (Lipinski definition) is 1. The molecule has 1 amide bonds. The van der Waals surface area contributed by atoms with Gasteiger partial charge in [-0.2, -0.15) is 0 Å². The SMILES string of the molecule is CN(CCC[C@H]1CCCO1)C(=O)c1cn(CCN2CCNCC2)nn1. The van der Waals surface area contributed by atoms with Gasteiger partial charge >= 0.3 is 0 Å². The van der Waals surface area contributed by atoms with Gasteiger partial charge in [0.15, 0.2) is 5.69 Å². The van der Waals surface area contributed by atoms with Crippen molar-refractivity contribution >= 4 is 5.91 Å². The molecule has 1 atom stereocenters. The number of aromatic nitrogens is 3. The molecule has 0 saturated carbocycles. The molecule has 1 aromatic heterocycles. The van der Waals surface area contributed by atoms with Gasteiger partial charge in [0, 0.05) is 52.9 Å². The molecular formula is C17H30N6O2. The zero-order valence-electron chi connectivity index (χ0n) is 15.2. The standard InChI is InChI=1S/C17H30N6O2/c1-21(8-2-4-15-5-3-13-25-15)17(24)16-14-23(20-19-16)12-11-22-9-6-18-7-10-22/h14-15,18H,2-13H2,1H3/t15-/m0/s1. The maximum Gasteiger partial charge on any atom is 0.275 e. The van der Waals surface area contributed by atoms with Crippen molar-refractivity contribution < 1.29 is 9.53 Å². The summed E-state index contributed by atoms with van der Waals surface area (Å²) in [5.41, 5.74) is 0.430. The molecule has 3 heterocycles. The van der Waals surface area contributed by atoms with Crippen molar-refractivity contribution in [3.05, 3.63) is 11.9 Å². The molecule has 0 aromatic carbocycles. The van der Waals surface area contributed by atoms with E-state index in [4.69, 9.17) is 4.74 Å². The summed E-state index contributed by atoms with van der Waals surface area (Å²) in [6.45, 7) is 7.53. The molecule has 1 N–H and O–H groups in total. The van der Waals surface area contributed by atoms with Crippen molar-refractivity contribution in [1.29, 1.82) is 0 Å². The van der Waals surface area contributed by atoms with Crippen LogP contribution in [0.25, 0.3) is 0 Å². The molecule has 0 unspecified atom stereocenters. The summed E-state index contributed by atoms with van der Waals surface area (Å²) in [5, 5.41) is 11.5. The largest absolute Gasteiger partial charge is 0.378 e. The number of rotatable bonds is 8. The smallest absolute Gasteiger partial charge is 0.275 e. The fraction of sp³-hybridized carbons (Fsp3) is 0.824. The van der Waals surface area contributed by atoms with Crippen LogP contribution in [-0.2, 0) is 11.3 Å². The average Bonchev–Trinajstić information content (AvgIpc) is 3.32. The minimum atomic E-state index is -0.0548. The molecule has 3 rings (SSSR count). The molecule has 2 fully saturated rings. The second-order valence-corrected chi connectivity index (χ2v) is 6.96. The molecule has 0 aliphatic carbocycles. The van der Waals surface area contributed by atoms with Gasteiger partial charge in [0.1, 0.15) is 0 Å². The topological polar surface area (TPSA) is 75.5 Å². The first kappa shape index (κ1) is 18.3. The third kappa shape index (κ3) is 5.49. The molecule has 8 heteroatoms. The molecule has 1 aromatic rings. The molecule has 2 saturated heterocycles. The van der Waals surface area contributed by atoms with E-state index in [1.54, 1.807) is 15.8 Å². The summed E-state index contributed by atoms with van der Waals surface area (Å²) in [6, 6.07) is 0. The van der Waals surface area contributed by atoms with E-state index in [1.807, 2.05) is 7.05 Å². The van der Waals surface area contributed by atoms with Crippen LogP contribution in [0.4, 0.5) is 0 Å². The van der Waals surface area contributed by atoms with Crippen molar-refractivity contribution in [3.8, 4) is 0 Å². The van der Waals surface area contributed by atoms with Crippen molar-refractivity contribution in [1.82, 2.24) is 30.1 Å². The van der Waals surface area contributed by atoms with Crippen LogP contribution < -0.4 is 5.32 Å². The predicted molar refractivity (Wildman–Crippen MR) is 94.5 cm³/mol. The summed E-state index contributed by atoms with van der Waals surface area (Å²) >= 11 is 0. The number of hydrogen-bond acceptors (Lipinski definition) is 6. The van der Waals surface area contributed by atoms with E-state index in [2.05, 4.69) is 20.5 Å². The van der Waals surface area contributed by atoms with Gasteiger partial charge in [-0.15, -0.1) is 5.10 Å². The Hall–Kier alpha value is -1.51. The molecular weight excluding hydrogens is 320 g/mol. The van der Waals surface area contributed by atoms with Crippen LogP contribution in [0, 0.1) is 0 Å². The number of piperazine rings is 1. The number of ether oxygens (including phenoxy) is 1. The van der Waals surface area contributed by atoms with Crippen LogP contribution >= 0.6 is 0 Å². The number of carbonyl (C=O) groups excluding carboxylic acids is 1. The molecule has 140 valence electrons. The van der Waals surface area contributed by atoms with E-state index in [0.29, 0.717) is 11.8 Å². The van der Waals surface area contributed by atoms with Gasteiger partial charge in [0.25, 0.3) is 5.91 Å². The summed E-state index contributed by atoms with van der Waals surface area (Å²) in [5.74, 6) is -0.0548. The Labute approximate surface area is 149 Å². The zero-order valence-corrected chi connectivity index (χ0v) is 15.2. The first-order chi connectivity index (χ1) is 12.2. The van der Waals surface area contributed by atoms with Crippen LogP contribution in [-0.4, -0.2) is 89.7 Å². The molecule has 2 aliphatic heterocycles. The maximum absolute atomic E-state index is 12.5. The van der Waals surface area contributed by atoms with Crippen LogP contribution in [0.15, 0.2) is 6.20 Å². The Morgan fingerprint density at radius 2 is 2.24 bits per heavy atom.